The predicted molar refractivity (Wildman–Crippen MR) is 64.5 cm³/mol. The molecule has 2 heterocycles. The van der Waals surface area contributed by atoms with E-state index in [0.29, 0.717) is 5.82 Å². The molecule has 0 spiro atoms. The molecule has 0 bridgehead atoms. The maximum Gasteiger partial charge on any atom is 0.342 e. The van der Waals surface area contributed by atoms with Gasteiger partial charge in [0.05, 0.1) is 6.04 Å². The fourth-order valence-corrected chi connectivity index (χ4v) is 2.92. The van der Waals surface area contributed by atoms with Crippen molar-refractivity contribution in [2.75, 3.05) is 25.1 Å². The molecule has 0 amide bonds. The summed E-state index contributed by atoms with van der Waals surface area (Å²) in [5, 5.41) is 8.74. The van der Waals surface area contributed by atoms with Crippen LogP contribution in [-0.4, -0.2) is 51.0 Å². The van der Waals surface area contributed by atoms with E-state index in [9.17, 15) is 9.59 Å². The fourth-order valence-electron chi connectivity index (χ4n) is 1.70. The highest BCUT2D eigenvalue weighted by Crippen LogP contribution is 2.24. The molecule has 1 aromatic heterocycles. The lowest BCUT2D eigenvalue weighted by atomic mass is 10.2. The van der Waals surface area contributed by atoms with Gasteiger partial charge in [-0.3, -0.25) is 9.69 Å². The molecule has 1 aliphatic rings. The quantitative estimate of drug-likeness (QED) is 0.784. The first kappa shape index (κ1) is 12.1. The lowest BCUT2D eigenvalue weighted by Crippen LogP contribution is -2.35. The highest BCUT2D eigenvalue weighted by atomic mass is 32.2. The van der Waals surface area contributed by atoms with Crippen molar-refractivity contribution in [3.63, 3.8) is 0 Å². The van der Waals surface area contributed by atoms with E-state index in [-0.39, 0.29) is 11.6 Å². The molecule has 1 fully saturated rings. The largest absolute Gasteiger partial charge is 0.477 e. The van der Waals surface area contributed by atoms with Crippen LogP contribution in [0.3, 0.4) is 0 Å². The molecular formula is C10H13N3O3S. The Morgan fingerprint density at radius 1 is 1.71 bits per heavy atom. The van der Waals surface area contributed by atoms with E-state index < -0.39 is 11.5 Å². The molecule has 0 saturated carbocycles. The maximum atomic E-state index is 11.5. The van der Waals surface area contributed by atoms with E-state index in [1.807, 2.05) is 7.05 Å². The first-order valence-electron chi connectivity index (χ1n) is 5.20. The summed E-state index contributed by atoms with van der Waals surface area (Å²) >= 11 is 1.80. The van der Waals surface area contributed by atoms with Crippen LogP contribution >= 0.6 is 11.8 Å². The molecule has 2 N–H and O–H groups in total. The van der Waals surface area contributed by atoms with E-state index in [4.69, 9.17) is 5.11 Å². The standard InChI is InChI=1S/C10H13N3O3S/c1-13-2-3-17-5-7(13)8-11-4-6(10(15)16)9(14)12-8/h4,7H,2-3,5H2,1H3,(H,15,16)(H,11,12,14). The number of nitrogens with zero attached hydrogens (tertiary/aromatic N) is 2. The summed E-state index contributed by atoms with van der Waals surface area (Å²) in [4.78, 5) is 30.9. The Hall–Kier alpha value is -1.34. The average Bonchev–Trinajstić information content (AvgIpc) is 2.29. The van der Waals surface area contributed by atoms with Crippen molar-refractivity contribution in [3.8, 4) is 0 Å². The number of aromatic nitrogens is 2. The molecular weight excluding hydrogens is 242 g/mol. The van der Waals surface area contributed by atoms with Crippen LogP contribution in [0.5, 0.6) is 0 Å². The van der Waals surface area contributed by atoms with Crippen LogP contribution < -0.4 is 5.56 Å². The van der Waals surface area contributed by atoms with E-state index in [2.05, 4.69) is 14.9 Å². The van der Waals surface area contributed by atoms with Crippen molar-refractivity contribution in [2.24, 2.45) is 0 Å². The van der Waals surface area contributed by atoms with Gasteiger partial charge in [0, 0.05) is 24.2 Å². The summed E-state index contributed by atoms with van der Waals surface area (Å²) < 4.78 is 0. The summed E-state index contributed by atoms with van der Waals surface area (Å²) in [7, 11) is 1.97. The second-order valence-electron chi connectivity index (χ2n) is 3.89. The zero-order valence-electron chi connectivity index (χ0n) is 9.34. The van der Waals surface area contributed by atoms with Gasteiger partial charge in [0.25, 0.3) is 5.56 Å². The normalized spacial score (nSPS) is 21.4. The van der Waals surface area contributed by atoms with Crippen LogP contribution in [0.1, 0.15) is 22.2 Å². The minimum atomic E-state index is -1.25. The number of aromatic amines is 1. The van der Waals surface area contributed by atoms with Gasteiger partial charge in [-0.05, 0) is 7.05 Å². The van der Waals surface area contributed by atoms with Gasteiger partial charge in [-0.1, -0.05) is 0 Å². The molecule has 0 aliphatic carbocycles. The van der Waals surface area contributed by atoms with Crippen molar-refractivity contribution in [2.45, 2.75) is 6.04 Å². The second-order valence-corrected chi connectivity index (χ2v) is 5.04. The van der Waals surface area contributed by atoms with Crippen LogP contribution in [0.4, 0.5) is 0 Å². The third-order valence-electron chi connectivity index (χ3n) is 2.76. The fraction of sp³-hybridized carbons (Fsp3) is 0.500. The first-order chi connectivity index (χ1) is 8.09. The number of carbonyl (C=O) groups is 1. The third kappa shape index (κ3) is 2.50. The molecule has 6 nitrogen and oxygen atoms in total. The van der Waals surface area contributed by atoms with Crippen LogP contribution in [-0.2, 0) is 0 Å². The number of carboxylic acids is 1. The highest BCUT2D eigenvalue weighted by molar-refractivity contribution is 7.99. The topological polar surface area (TPSA) is 86.3 Å². The number of carboxylic acid groups (broad SMARTS) is 1. The van der Waals surface area contributed by atoms with Gasteiger partial charge in [-0.2, -0.15) is 11.8 Å². The maximum absolute atomic E-state index is 11.5. The monoisotopic (exact) mass is 255 g/mol. The van der Waals surface area contributed by atoms with Gasteiger partial charge in [-0.15, -0.1) is 0 Å². The van der Waals surface area contributed by atoms with E-state index in [1.165, 1.54) is 0 Å². The molecule has 92 valence electrons. The Bertz CT molecular complexity index is 488. The van der Waals surface area contributed by atoms with Crippen molar-refractivity contribution >= 4 is 17.7 Å². The van der Waals surface area contributed by atoms with Crippen LogP contribution in [0, 0.1) is 0 Å². The van der Waals surface area contributed by atoms with Crippen molar-refractivity contribution in [1.82, 2.24) is 14.9 Å². The summed E-state index contributed by atoms with van der Waals surface area (Å²) in [6, 6.07) is 0.0456. The molecule has 0 aromatic carbocycles. The number of thioether (sulfide) groups is 1. The van der Waals surface area contributed by atoms with Crippen molar-refractivity contribution in [3.05, 3.63) is 27.9 Å². The van der Waals surface area contributed by atoms with Gasteiger partial charge in [0.2, 0.25) is 0 Å². The number of nitrogens with one attached hydrogen (secondary N) is 1. The van der Waals surface area contributed by atoms with Crippen LogP contribution in [0.25, 0.3) is 0 Å². The molecule has 17 heavy (non-hydrogen) atoms. The summed E-state index contributed by atoms with van der Waals surface area (Å²) in [6.45, 7) is 0.930. The summed E-state index contributed by atoms with van der Waals surface area (Å²) in [5.74, 6) is 1.20. The summed E-state index contributed by atoms with van der Waals surface area (Å²) in [6.07, 6.45) is 1.13. The third-order valence-corrected chi connectivity index (χ3v) is 3.78. The van der Waals surface area contributed by atoms with Crippen molar-refractivity contribution < 1.29 is 9.90 Å². The van der Waals surface area contributed by atoms with E-state index in [0.717, 1.165) is 24.2 Å². The molecule has 0 radical (unpaired) electrons. The zero-order valence-corrected chi connectivity index (χ0v) is 10.2. The number of hydrogen-bond donors (Lipinski definition) is 2. The van der Waals surface area contributed by atoms with Crippen LogP contribution in [0.2, 0.25) is 0 Å². The molecule has 2 rings (SSSR count). The number of hydrogen-bond acceptors (Lipinski definition) is 5. The van der Waals surface area contributed by atoms with Gasteiger partial charge in [-0.25, -0.2) is 9.78 Å². The molecule has 1 atom stereocenters. The predicted octanol–water partition coefficient (Wildman–Crippen LogP) is 0.188. The number of H-pyrrole nitrogens is 1. The molecule has 7 heteroatoms. The minimum Gasteiger partial charge on any atom is -0.477 e. The highest BCUT2D eigenvalue weighted by Gasteiger charge is 2.23. The van der Waals surface area contributed by atoms with E-state index >= 15 is 0 Å². The average molecular weight is 255 g/mol. The Morgan fingerprint density at radius 3 is 3.06 bits per heavy atom. The molecule has 1 aromatic rings. The number of aromatic carboxylic acids is 1. The van der Waals surface area contributed by atoms with Gasteiger partial charge < -0.3 is 10.1 Å². The van der Waals surface area contributed by atoms with Gasteiger partial charge >= 0.3 is 5.97 Å². The molecule has 1 aliphatic heterocycles. The smallest absolute Gasteiger partial charge is 0.342 e. The Labute approximate surface area is 102 Å². The second kappa shape index (κ2) is 4.89. The van der Waals surface area contributed by atoms with Crippen LogP contribution in [0.15, 0.2) is 11.0 Å². The Morgan fingerprint density at radius 2 is 2.47 bits per heavy atom. The SMILES string of the molecule is CN1CCSCC1c1ncc(C(=O)O)c(=O)[nH]1. The number of rotatable bonds is 2. The lowest BCUT2D eigenvalue weighted by Gasteiger charge is -2.30. The van der Waals surface area contributed by atoms with Gasteiger partial charge in [0.1, 0.15) is 11.4 Å². The van der Waals surface area contributed by atoms with Gasteiger partial charge in [0.15, 0.2) is 0 Å². The Balaban J connectivity index is 2.31. The first-order valence-corrected chi connectivity index (χ1v) is 6.35. The molecule has 1 unspecified atom stereocenters. The summed E-state index contributed by atoms with van der Waals surface area (Å²) in [5.41, 5.74) is -0.911. The van der Waals surface area contributed by atoms with E-state index in [1.54, 1.807) is 11.8 Å². The Kier molecular flexibility index (Phi) is 3.49. The molecule has 1 saturated heterocycles. The lowest BCUT2D eigenvalue weighted by molar-refractivity contribution is 0.0694. The zero-order chi connectivity index (χ0) is 12.4. The van der Waals surface area contributed by atoms with Crippen molar-refractivity contribution in [1.29, 1.82) is 0 Å². The minimum absolute atomic E-state index is 0.0456.